The fraction of sp³-hybridized carbons (Fsp3) is 0.455. The predicted molar refractivity (Wildman–Crippen MR) is 63.8 cm³/mol. The van der Waals surface area contributed by atoms with Gasteiger partial charge in [0.1, 0.15) is 0 Å². The van der Waals surface area contributed by atoms with Crippen LogP contribution in [-0.2, 0) is 13.6 Å². The second kappa shape index (κ2) is 4.19. The maximum absolute atomic E-state index is 4.42. The van der Waals surface area contributed by atoms with Gasteiger partial charge in [0.25, 0.3) is 0 Å². The zero-order valence-electron chi connectivity index (χ0n) is 10.2. The fourth-order valence-electron chi connectivity index (χ4n) is 1.70. The van der Waals surface area contributed by atoms with Gasteiger partial charge in [-0.2, -0.15) is 5.10 Å². The average molecular weight is 219 g/mol. The lowest BCUT2D eigenvalue weighted by Gasteiger charge is -2.11. The van der Waals surface area contributed by atoms with Crippen LogP contribution in [0, 0.1) is 6.92 Å². The van der Waals surface area contributed by atoms with Crippen LogP contribution in [0.4, 0.5) is 0 Å². The van der Waals surface area contributed by atoms with Crippen molar-refractivity contribution in [3.63, 3.8) is 0 Å². The van der Waals surface area contributed by atoms with E-state index < -0.39 is 0 Å². The zero-order valence-corrected chi connectivity index (χ0v) is 10.2. The molecule has 2 heterocycles. The number of hydrazine groups is 1. The predicted octanol–water partition coefficient (Wildman–Crippen LogP) is 0.843. The number of nitrogens with zero attached hydrogens (tertiary/aromatic N) is 4. The van der Waals surface area contributed by atoms with Crippen LogP contribution in [0.2, 0.25) is 0 Å². The molecule has 86 valence electrons. The second-order valence-electron chi connectivity index (χ2n) is 4.15. The van der Waals surface area contributed by atoms with Crippen LogP contribution in [0.25, 0.3) is 11.0 Å². The van der Waals surface area contributed by atoms with Gasteiger partial charge in [0.15, 0.2) is 5.65 Å². The summed E-state index contributed by atoms with van der Waals surface area (Å²) in [4.78, 5) is 4.42. The summed E-state index contributed by atoms with van der Waals surface area (Å²) in [6.45, 7) is 2.79. The van der Waals surface area contributed by atoms with Crippen LogP contribution in [0.1, 0.15) is 11.3 Å². The maximum atomic E-state index is 4.42. The lowest BCUT2D eigenvalue weighted by atomic mass is 10.2. The van der Waals surface area contributed by atoms with Gasteiger partial charge in [-0.25, -0.2) is 4.98 Å². The molecule has 0 aliphatic heterocycles. The Morgan fingerprint density at radius 2 is 2.19 bits per heavy atom. The zero-order chi connectivity index (χ0) is 11.7. The third-order valence-electron chi connectivity index (χ3n) is 2.52. The molecule has 2 aromatic heterocycles. The summed E-state index contributed by atoms with van der Waals surface area (Å²) in [7, 11) is 5.86. The molecule has 0 radical (unpaired) electrons. The maximum Gasteiger partial charge on any atom is 0.157 e. The van der Waals surface area contributed by atoms with Crippen molar-refractivity contribution in [1.82, 2.24) is 25.2 Å². The van der Waals surface area contributed by atoms with E-state index in [0.717, 1.165) is 28.8 Å². The Morgan fingerprint density at radius 3 is 2.88 bits per heavy atom. The van der Waals surface area contributed by atoms with Gasteiger partial charge in [0, 0.05) is 39.3 Å². The fourth-order valence-corrected chi connectivity index (χ4v) is 1.70. The normalized spacial score (nSPS) is 11.6. The molecule has 0 aliphatic carbocycles. The van der Waals surface area contributed by atoms with Gasteiger partial charge >= 0.3 is 0 Å². The molecule has 0 spiro atoms. The molecule has 0 amide bonds. The van der Waals surface area contributed by atoms with E-state index in [9.17, 15) is 0 Å². The number of aromatic nitrogens is 3. The summed E-state index contributed by atoms with van der Waals surface area (Å²) in [6.07, 6.45) is 1.89. The quantitative estimate of drug-likeness (QED) is 0.777. The summed E-state index contributed by atoms with van der Waals surface area (Å²) in [5.41, 5.74) is 6.34. The Hall–Kier alpha value is -1.46. The van der Waals surface area contributed by atoms with Crippen LogP contribution in [-0.4, -0.2) is 33.9 Å². The van der Waals surface area contributed by atoms with E-state index in [1.54, 1.807) is 0 Å². The highest BCUT2D eigenvalue weighted by Gasteiger charge is 2.06. The molecule has 0 atom stereocenters. The molecule has 5 heteroatoms. The van der Waals surface area contributed by atoms with E-state index >= 15 is 0 Å². The van der Waals surface area contributed by atoms with Crippen molar-refractivity contribution >= 4 is 11.0 Å². The first-order valence-electron chi connectivity index (χ1n) is 5.27. The lowest BCUT2D eigenvalue weighted by molar-refractivity contribution is 0.286. The molecule has 0 fully saturated rings. The lowest BCUT2D eigenvalue weighted by Crippen LogP contribution is -2.29. The van der Waals surface area contributed by atoms with Crippen LogP contribution >= 0.6 is 0 Å². The summed E-state index contributed by atoms with van der Waals surface area (Å²) in [5, 5.41) is 7.41. The molecule has 0 saturated heterocycles. The van der Waals surface area contributed by atoms with Gasteiger partial charge in [-0.15, -0.1) is 0 Å². The second-order valence-corrected chi connectivity index (χ2v) is 4.15. The standard InChI is InChI=1S/C11H17N5/c1-8-10-5-9(7-13-15(2)3)6-12-11(10)16(4)14-8/h5-6,13H,7H2,1-4H3. The summed E-state index contributed by atoms with van der Waals surface area (Å²) in [5.74, 6) is 0. The SMILES string of the molecule is Cc1nn(C)c2ncc(CNN(C)C)cc12. The van der Waals surface area contributed by atoms with Crippen LogP contribution in [0.3, 0.4) is 0 Å². The number of fused-ring (bicyclic) bond motifs is 1. The summed E-state index contributed by atoms with van der Waals surface area (Å²) < 4.78 is 1.81. The van der Waals surface area contributed by atoms with Crippen molar-refractivity contribution < 1.29 is 0 Å². The number of hydrogen-bond acceptors (Lipinski definition) is 4. The molecule has 0 unspecified atom stereocenters. The van der Waals surface area contributed by atoms with E-state index in [0.29, 0.717) is 0 Å². The summed E-state index contributed by atoms with van der Waals surface area (Å²) >= 11 is 0. The van der Waals surface area contributed by atoms with E-state index in [-0.39, 0.29) is 0 Å². The minimum Gasteiger partial charge on any atom is -0.251 e. The largest absolute Gasteiger partial charge is 0.251 e. The number of aryl methyl sites for hydroxylation is 2. The van der Waals surface area contributed by atoms with Gasteiger partial charge in [-0.1, -0.05) is 0 Å². The molecule has 0 bridgehead atoms. The Balaban J connectivity index is 2.32. The summed E-state index contributed by atoms with van der Waals surface area (Å²) in [6, 6.07) is 2.14. The molecule has 0 saturated carbocycles. The van der Waals surface area contributed by atoms with Crippen LogP contribution in [0.15, 0.2) is 12.3 Å². The molecule has 0 aliphatic rings. The Morgan fingerprint density at radius 1 is 1.44 bits per heavy atom. The average Bonchev–Trinajstić information content (AvgIpc) is 2.52. The molecule has 1 N–H and O–H groups in total. The van der Waals surface area contributed by atoms with Gasteiger partial charge < -0.3 is 0 Å². The molecule has 16 heavy (non-hydrogen) atoms. The Labute approximate surface area is 95.0 Å². The van der Waals surface area contributed by atoms with E-state index in [4.69, 9.17) is 0 Å². The minimum absolute atomic E-state index is 0.782. The van der Waals surface area contributed by atoms with Crippen molar-refractivity contribution in [3.05, 3.63) is 23.5 Å². The van der Waals surface area contributed by atoms with Gasteiger partial charge in [-0.3, -0.25) is 15.1 Å². The van der Waals surface area contributed by atoms with Crippen molar-refractivity contribution in [1.29, 1.82) is 0 Å². The first-order chi connectivity index (χ1) is 7.58. The minimum atomic E-state index is 0.782. The van der Waals surface area contributed by atoms with Crippen molar-refractivity contribution in [3.8, 4) is 0 Å². The van der Waals surface area contributed by atoms with Gasteiger partial charge in [0.2, 0.25) is 0 Å². The Kier molecular flexibility index (Phi) is 2.89. The number of rotatable bonds is 3. The highest BCUT2D eigenvalue weighted by atomic mass is 15.5. The Bertz CT molecular complexity index is 500. The van der Waals surface area contributed by atoms with Crippen molar-refractivity contribution in [2.75, 3.05) is 14.1 Å². The van der Waals surface area contributed by atoms with E-state index in [1.165, 1.54) is 0 Å². The smallest absolute Gasteiger partial charge is 0.157 e. The molecule has 2 aromatic rings. The third-order valence-corrected chi connectivity index (χ3v) is 2.52. The molecule has 0 aromatic carbocycles. The van der Waals surface area contributed by atoms with E-state index in [2.05, 4.69) is 21.6 Å². The first kappa shape index (κ1) is 11.0. The number of pyridine rings is 1. The number of nitrogens with one attached hydrogen (secondary N) is 1. The molecule has 2 rings (SSSR count). The highest BCUT2D eigenvalue weighted by molar-refractivity contribution is 5.78. The van der Waals surface area contributed by atoms with E-state index in [1.807, 2.05) is 44.0 Å². The van der Waals surface area contributed by atoms with Crippen molar-refractivity contribution in [2.45, 2.75) is 13.5 Å². The first-order valence-corrected chi connectivity index (χ1v) is 5.27. The van der Waals surface area contributed by atoms with Crippen molar-refractivity contribution in [2.24, 2.45) is 7.05 Å². The number of hydrogen-bond donors (Lipinski definition) is 1. The molecular weight excluding hydrogens is 202 g/mol. The van der Waals surface area contributed by atoms with Crippen LogP contribution < -0.4 is 5.43 Å². The van der Waals surface area contributed by atoms with Crippen LogP contribution in [0.5, 0.6) is 0 Å². The van der Waals surface area contributed by atoms with Gasteiger partial charge in [0.05, 0.1) is 5.69 Å². The van der Waals surface area contributed by atoms with Gasteiger partial charge in [-0.05, 0) is 18.6 Å². The third kappa shape index (κ3) is 2.05. The molecule has 5 nitrogen and oxygen atoms in total. The highest BCUT2D eigenvalue weighted by Crippen LogP contribution is 2.16. The monoisotopic (exact) mass is 219 g/mol. The topological polar surface area (TPSA) is 46.0 Å². The molecular formula is C11H17N5.